The summed E-state index contributed by atoms with van der Waals surface area (Å²) in [5.74, 6) is 0. The van der Waals surface area contributed by atoms with Gasteiger partial charge >= 0.3 is 0 Å². The van der Waals surface area contributed by atoms with Gasteiger partial charge in [0.05, 0.1) is 10.1 Å². The molecule has 1 unspecified atom stereocenters. The minimum atomic E-state index is -3.17. The smallest absolute Gasteiger partial charge is 0.183 e. The summed E-state index contributed by atoms with van der Waals surface area (Å²) in [6.45, 7) is 0.184. The van der Waals surface area contributed by atoms with E-state index in [-0.39, 0.29) is 6.54 Å². The largest absolute Gasteiger partial charge is 0.329 e. The van der Waals surface area contributed by atoms with E-state index in [1.165, 1.54) is 0 Å². The highest BCUT2D eigenvalue weighted by atomic mass is 79.9. The molecule has 1 aromatic rings. The first-order valence-electron chi connectivity index (χ1n) is 4.28. The zero-order valence-corrected chi connectivity index (χ0v) is 9.81. The predicted octanol–water partition coefficient (Wildman–Crippen LogP) is 1.11. The summed E-state index contributed by atoms with van der Waals surface area (Å²) in [7, 11) is -3.17. The molecule has 2 N–H and O–H groups in total. The van der Waals surface area contributed by atoms with Gasteiger partial charge in [0.25, 0.3) is 0 Å². The van der Waals surface area contributed by atoms with Gasteiger partial charge in [0.2, 0.25) is 0 Å². The Hall–Kier alpha value is -0.390. The van der Waals surface area contributed by atoms with Gasteiger partial charge in [0.1, 0.15) is 0 Å². The molecule has 76 valence electrons. The predicted molar refractivity (Wildman–Crippen MR) is 57.9 cm³/mol. The van der Waals surface area contributed by atoms with Gasteiger partial charge < -0.3 is 5.73 Å². The number of hydrogen-bond acceptors (Lipinski definition) is 3. The van der Waals surface area contributed by atoms with Gasteiger partial charge in [-0.15, -0.1) is 0 Å². The standard InChI is InChI=1S/C9H10BrNO2S/c10-8-2-1-3-9-7(8)4-6(5-11)14(9,12)13/h1-3,6H,4-5,11H2. The van der Waals surface area contributed by atoms with Crippen molar-refractivity contribution in [3.8, 4) is 0 Å². The van der Waals surface area contributed by atoms with Crippen LogP contribution < -0.4 is 5.73 Å². The Bertz CT molecular complexity index is 470. The lowest BCUT2D eigenvalue weighted by Gasteiger charge is -2.03. The molecule has 0 saturated carbocycles. The maximum absolute atomic E-state index is 11.9. The molecule has 3 nitrogen and oxygen atoms in total. The lowest BCUT2D eigenvalue weighted by Crippen LogP contribution is -2.26. The van der Waals surface area contributed by atoms with Crippen molar-refractivity contribution in [3.63, 3.8) is 0 Å². The molecule has 1 atom stereocenters. The maximum atomic E-state index is 11.9. The van der Waals surface area contributed by atoms with Gasteiger partial charge in [-0.05, 0) is 24.1 Å². The first-order chi connectivity index (χ1) is 6.57. The fourth-order valence-corrected chi connectivity index (χ4v) is 4.19. The van der Waals surface area contributed by atoms with Crippen LogP contribution in [-0.2, 0) is 16.3 Å². The molecule has 2 rings (SSSR count). The third kappa shape index (κ3) is 1.31. The van der Waals surface area contributed by atoms with Crippen molar-refractivity contribution in [2.75, 3.05) is 6.54 Å². The number of fused-ring (bicyclic) bond motifs is 1. The molecule has 0 spiro atoms. The van der Waals surface area contributed by atoms with Crippen molar-refractivity contribution in [3.05, 3.63) is 28.2 Å². The maximum Gasteiger partial charge on any atom is 0.183 e. The number of rotatable bonds is 1. The molecule has 0 amide bonds. The van der Waals surface area contributed by atoms with Crippen LogP contribution in [0.15, 0.2) is 27.6 Å². The Morgan fingerprint density at radius 2 is 2.21 bits per heavy atom. The zero-order valence-electron chi connectivity index (χ0n) is 7.40. The van der Waals surface area contributed by atoms with Crippen molar-refractivity contribution in [2.24, 2.45) is 5.73 Å². The molecule has 0 saturated heterocycles. The van der Waals surface area contributed by atoms with Gasteiger partial charge in [-0.1, -0.05) is 22.0 Å². The van der Waals surface area contributed by atoms with Crippen LogP contribution in [0.5, 0.6) is 0 Å². The Balaban J connectivity index is 2.66. The summed E-state index contributed by atoms with van der Waals surface area (Å²) < 4.78 is 24.6. The van der Waals surface area contributed by atoms with E-state index < -0.39 is 15.1 Å². The van der Waals surface area contributed by atoms with Crippen LogP contribution in [0, 0.1) is 0 Å². The van der Waals surface area contributed by atoms with Gasteiger partial charge in [0.15, 0.2) is 9.84 Å². The van der Waals surface area contributed by atoms with Crippen LogP contribution in [0.4, 0.5) is 0 Å². The fourth-order valence-electron chi connectivity index (χ4n) is 1.73. The molecule has 1 aliphatic heterocycles. The molecular weight excluding hydrogens is 266 g/mol. The Labute approximate surface area is 91.4 Å². The van der Waals surface area contributed by atoms with Crippen LogP contribution >= 0.6 is 15.9 Å². The lowest BCUT2D eigenvalue weighted by atomic mass is 10.1. The molecular formula is C9H10BrNO2S. The minimum Gasteiger partial charge on any atom is -0.329 e. The van der Waals surface area contributed by atoms with Crippen LogP contribution in [0.1, 0.15) is 5.56 Å². The molecule has 1 aromatic carbocycles. The second-order valence-electron chi connectivity index (χ2n) is 3.32. The average Bonchev–Trinajstić information content (AvgIpc) is 2.40. The number of nitrogens with two attached hydrogens (primary N) is 1. The summed E-state index contributed by atoms with van der Waals surface area (Å²) in [6.07, 6.45) is 0.523. The molecule has 0 bridgehead atoms. The molecule has 0 fully saturated rings. The normalized spacial score (nSPS) is 23.4. The van der Waals surface area contributed by atoms with Crippen molar-refractivity contribution in [2.45, 2.75) is 16.6 Å². The lowest BCUT2D eigenvalue weighted by molar-refractivity contribution is 0.587. The van der Waals surface area contributed by atoms with E-state index in [4.69, 9.17) is 5.73 Å². The van der Waals surface area contributed by atoms with Gasteiger partial charge in [-0.25, -0.2) is 8.42 Å². The topological polar surface area (TPSA) is 60.2 Å². The van der Waals surface area contributed by atoms with Crippen molar-refractivity contribution < 1.29 is 8.42 Å². The molecule has 1 aliphatic rings. The number of hydrogen-bond donors (Lipinski definition) is 1. The van der Waals surface area contributed by atoms with Gasteiger partial charge in [-0.2, -0.15) is 0 Å². The molecule has 0 aliphatic carbocycles. The summed E-state index contributed by atoms with van der Waals surface area (Å²) in [5.41, 5.74) is 6.31. The summed E-state index contributed by atoms with van der Waals surface area (Å²) >= 11 is 3.35. The number of sulfone groups is 1. The van der Waals surface area contributed by atoms with Crippen LogP contribution in [0.2, 0.25) is 0 Å². The van der Waals surface area contributed by atoms with E-state index in [1.54, 1.807) is 12.1 Å². The highest BCUT2D eigenvalue weighted by Crippen LogP contribution is 2.35. The number of benzene rings is 1. The van der Waals surface area contributed by atoms with Crippen molar-refractivity contribution >= 4 is 25.8 Å². The highest BCUT2D eigenvalue weighted by molar-refractivity contribution is 9.10. The Morgan fingerprint density at radius 3 is 2.79 bits per heavy atom. The highest BCUT2D eigenvalue weighted by Gasteiger charge is 2.36. The molecule has 1 heterocycles. The Morgan fingerprint density at radius 1 is 1.50 bits per heavy atom. The minimum absolute atomic E-state index is 0.184. The summed E-state index contributed by atoms with van der Waals surface area (Å²) in [6, 6.07) is 5.23. The van der Waals surface area contributed by atoms with Crippen molar-refractivity contribution in [1.29, 1.82) is 0 Å². The van der Waals surface area contributed by atoms with E-state index in [2.05, 4.69) is 15.9 Å². The molecule has 14 heavy (non-hydrogen) atoms. The van der Waals surface area contributed by atoms with Crippen LogP contribution in [0.25, 0.3) is 0 Å². The van der Waals surface area contributed by atoms with Crippen LogP contribution in [-0.4, -0.2) is 20.2 Å². The third-order valence-corrected chi connectivity index (χ3v) is 5.49. The van der Waals surface area contributed by atoms with E-state index in [9.17, 15) is 8.42 Å². The van der Waals surface area contributed by atoms with Gasteiger partial charge in [-0.3, -0.25) is 0 Å². The van der Waals surface area contributed by atoms with Gasteiger partial charge in [0, 0.05) is 11.0 Å². The van der Waals surface area contributed by atoms with E-state index in [1.807, 2.05) is 6.07 Å². The second-order valence-corrected chi connectivity index (χ2v) is 6.37. The second kappa shape index (κ2) is 3.32. The fraction of sp³-hybridized carbons (Fsp3) is 0.333. The molecule has 0 radical (unpaired) electrons. The number of halogens is 1. The van der Waals surface area contributed by atoms with E-state index in [0.29, 0.717) is 11.3 Å². The monoisotopic (exact) mass is 275 g/mol. The van der Waals surface area contributed by atoms with Crippen LogP contribution in [0.3, 0.4) is 0 Å². The van der Waals surface area contributed by atoms with E-state index >= 15 is 0 Å². The average molecular weight is 276 g/mol. The quantitative estimate of drug-likeness (QED) is 0.835. The summed E-state index contributed by atoms with van der Waals surface area (Å²) in [5, 5.41) is -0.448. The molecule has 5 heteroatoms. The van der Waals surface area contributed by atoms with E-state index in [0.717, 1.165) is 10.0 Å². The summed E-state index contributed by atoms with van der Waals surface area (Å²) in [4.78, 5) is 0.433. The zero-order chi connectivity index (χ0) is 10.3. The van der Waals surface area contributed by atoms with Crippen molar-refractivity contribution in [1.82, 2.24) is 0 Å². The Kier molecular flexibility index (Phi) is 2.41. The third-order valence-electron chi connectivity index (χ3n) is 2.52. The first kappa shape index (κ1) is 10.1. The molecule has 0 aromatic heterocycles. The SMILES string of the molecule is NCC1Cc2c(Br)cccc2S1(=O)=O. The first-order valence-corrected chi connectivity index (χ1v) is 6.62.